The van der Waals surface area contributed by atoms with Crippen molar-refractivity contribution in [2.24, 2.45) is 0 Å². The lowest BCUT2D eigenvalue weighted by molar-refractivity contribution is -0.158. The van der Waals surface area contributed by atoms with Gasteiger partial charge in [0.2, 0.25) is 0 Å². The third kappa shape index (κ3) is 1.54. The van der Waals surface area contributed by atoms with E-state index in [1.54, 1.807) is 18.0 Å². The van der Waals surface area contributed by atoms with Crippen LogP contribution in [0.3, 0.4) is 0 Å². The third-order valence-corrected chi connectivity index (χ3v) is 5.89. The number of rotatable bonds is 2. The number of hydrogen-bond donors (Lipinski definition) is 1. The molecule has 0 amide bonds. The summed E-state index contributed by atoms with van der Waals surface area (Å²) in [5.74, 6) is -0.634. The molecule has 0 saturated carbocycles. The van der Waals surface area contributed by atoms with Gasteiger partial charge in [-0.3, -0.25) is 9.69 Å². The Labute approximate surface area is 145 Å². The van der Waals surface area contributed by atoms with E-state index in [0.29, 0.717) is 24.3 Å². The molecule has 2 atom stereocenters. The summed E-state index contributed by atoms with van der Waals surface area (Å²) in [4.78, 5) is 27.7. The van der Waals surface area contributed by atoms with Crippen LogP contribution in [0.4, 0.5) is 0 Å². The number of likely N-dealkylation sites (N-methyl/N-ethyl adjacent to an activating group) is 1. The molecule has 1 aliphatic heterocycles. The van der Waals surface area contributed by atoms with Crippen LogP contribution < -0.4 is 4.74 Å². The van der Waals surface area contributed by atoms with E-state index >= 15 is 0 Å². The Bertz CT molecular complexity index is 871. The minimum atomic E-state index is -1.50. The first kappa shape index (κ1) is 15.9. The Balaban J connectivity index is 2.12. The van der Waals surface area contributed by atoms with E-state index < -0.39 is 16.9 Å². The third-order valence-electron chi connectivity index (χ3n) is 5.89. The number of hydrogen-bond acceptors (Lipinski definition) is 6. The number of ether oxygens (including phenoxy) is 2. The highest BCUT2D eigenvalue weighted by Crippen LogP contribution is 2.62. The van der Waals surface area contributed by atoms with Crippen LogP contribution in [0.15, 0.2) is 29.9 Å². The van der Waals surface area contributed by atoms with Gasteiger partial charge in [-0.1, -0.05) is 18.2 Å². The van der Waals surface area contributed by atoms with E-state index in [1.165, 1.54) is 20.3 Å². The van der Waals surface area contributed by atoms with Crippen molar-refractivity contribution in [1.29, 1.82) is 0 Å². The summed E-state index contributed by atoms with van der Waals surface area (Å²) in [6.45, 7) is 0.530. The van der Waals surface area contributed by atoms with Gasteiger partial charge >= 0.3 is 5.97 Å². The average Bonchev–Trinajstić information content (AvgIpc) is 3.05. The van der Waals surface area contributed by atoms with Crippen molar-refractivity contribution in [2.45, 2.75) is 17.4 Å². The number of aromatic hydroxyl groups is 1. The number of likely N-dealkylation sites (tertiary alicyclic amines) is 1. The predicted octanol–water partition coefficient (Wildman–Crippen LogP) is 1.42. The minimum absolute atomic E-state index is 0.0338. The number of phenols is 1. The van der Waals surface area contributed by atoms with Crippen LogP contribution in [0.1, 0.15) is 17.5 Å². The molecule has 1 spiro atoms. The summed E-state index contributed by atoms with van der Waals surface area (Å²) >= 11 is 0. The first-order valence-corrected chi connectivity index (χ1v) is 8.10. The van der Waals surface area contributed by atoms with Gasteiger partial charge in [0.05, 0.1) is 19.6 Å². The van der Waals surface area contributed by atoms with Crippen molar-refractivity contribution in [1.82, 2.24) is 4.90 Å². The molecule has 2 aliphatic carbocycles. The topological polar surface area (TPSA) is 76.1 Å². The van der Waals surface area contributed by atoms with E-state index in [4.69, 9.17) is 9.47 Å². The van der Waals surface area contributed by atoms with Crippen LogP contribution in [-0.2, 0) is 19.7 Å². The molecule has 1 heterocycles. The van der Waals surface area contributed by atoms with Gasteiger partial charge in [0, 0.05) is 12.1 Å². The summed E-state index contributed by atoms with van der Waals surface area (Å²) in [7, 11) is 4.51. The predicted molar refractivity (Wildman–Crippen MR) is 90.5 cm³/mol. The number of methoxy groups -OCH3 is 2. The van der Waals surface area contributed by atoms with Crippen molar-refractivity contribution in [3.8, 4) is 11.5 Å². The smallest absolute Gasteiger partial charge is 0.335 e. The van der Waals surface area contributed by atoms with Crippen LogP contribution >= 0.6 is 0 Å². The minimum Gasteiger partial charge on any atom is -0.504 e. The molecule has 25 heavy (non-hydrogen) atoms. The highest BCUT2D eigenvalue weighted by Gasteiger charge is 2.73. The van der Waals surface area contributed by atoms with Gasteiger partial charge in [-0.15, -0.1) is 0 Å². The molecular weight excluding hydrogens is 322 g/mol. The fraction of sp³-hybridized carbons (Fsp3) is 0.368. The molecule has 0 aromatic heterocycles. The fourth-order valence-electron chi connectivity index (χ4n) is 4.87. The van der Waals surface area contributed by atoms with Gasteiger partial charge in [0.1, 0.15) is 0 Å². The Hall–Kier alpha value is -2.60. The maximum Gasteiger partial charge on any atom is 0.335 e. The number of phenolic OH excluding ortho intramolecular Hbond substituents is 1. The Morgan fingerprint density at radius 3 is 2.72 bits per heavy atom. The first-order chi connectivity index (χ1) is 11.9. The van der Waals surface area contributed by atoms with Crippen molar-refractivity contribution in [3.63, 3.8) is 0 Å². The monoisotopic (exact) mass is 341 g/mol. The van der Waals surface area contributed by atoms with Gasteiger partial charge in [-0.25, -0.2) is 4.79 Å². The first-order valence-electron chi connectivity index (χ1n) is 8.10. The van der Waals surface area contributed by atoms with Crippen LogP contribution in [0.5, 0.6) is 11.5 Å². The molecule has 2 unspecified atom stereocenters. The second-order valence-corrected chi connectivity index (χ2v) is 6.66. The van der Waals surface area contributed by atoms with E-state index in [9.17, 15) is 14.7 Å². The van der Waals surface area contributed by atoms with Crippen LogP contribution in [0.2, 0.25) is 0 Å². The number of carbonyl (C=O) groups is 2. The van der Waals surface area contributed by atoms with Gasteiger partial charge in [-0.2, -0.15) is 0 Å². The summed E-state index contributed by atoms with van der Waals surface area (Å²) in [5, 5.41) is 10.9. The van der Waals surface area contributed by atoms with Crippen molar-refractivity contribution >= 4 is 17.8 Å². The molecular formula is C19H19NO5. The molecule has 1 aromatic rings. The largest absolute Gasteiger partial charge is 0.504 e. The summed E-state index contributed by atoms with van der Waals surface area (Å²) in [5.41, 5.74) is -0.423. The number of esters is 1. The Morgan fingerprint density at radius 2 is 2.04 bits per heavy atom. The standard InChI is InChI=1S/C19H19NO5/c1-20-9-8-18-12(10-14(21)19(18,20)17(23)25-3)6-4-11-5-7-13(24-2)16(22)15(11)18/h4-7,10,22H,8-9H2,1-3H3. The summed E-state index contributed by atoms with van der Waals surface area (Å²) in [6, 6.07) is 3.51. The molecule has 1 aromatic carbocycles. The number of benzene rings is 1. The molecule has 1 fully saturated rings. The number of ketones is 1. The number of carbonyl (C=O) groups excluding carboxylic acids is 2. The molecule has 0 radical (unpaired) electrons. The van der Waals surface area contributed by atoms with E-state index in [0.717, 1.165) is 11.1 Å². The van der Waals surface area contributed by atoms with E-state index in [2.05, 4.69) is 0 Å². The number of fused-ring (bicyclic) bond motifs is 1. The quantitative estimate of drug-likeness (QED) is 0.648. The lowest BCUT2D eigenvalue weighted by Crippen LogP contribution is -2.63. The second-order valence-electron chi connectivity index (χ2n) is 6.66. The Morgan fingerprint density at radius 1 is 1.28 bits per heavy atom. The highest BCUT2D eigenvalue weighted by atomic mass is 16.5. The maximum absolute atomic E-state index is 13.1. The molecule has 130 valence electrons. The molecule has 4 rings (SSSR count). The SMILES string of the molecule is COC(=O)C12C(=O)C=C3C=Cc4ccc(OC)c(O)c4C31CCN2C. The summed E-state index contributed by atoms with van der Waals surface area (Å²) < 4.78 is 10.3. The maximum atomic E-state index is 13.1. The highest BCUT2D eigenvalue weighted by molar-refractivity contribution is 6.20. The lowest BCUT2D eigenvalue weighted by Gasteiger charge is -2.44. The molecule has 6 heteroatoms. The number of nitrogens with zero attached hydrogens (tertiary/aromatic N) is 1. The van der Waals surface area contributed by atoms with Crippen molar-refractivity contribution < 1.29 is 24.2 Å². The van der Waals surface area contributed by atoms with Crippen LogP contribution in [-0.4, -0.2) is 55.1 Å². The van der Waals surface area contributed by atoms with E-state index in [1.807, 2.05) is 18.2 Å². The van der Waals surface area contributed by atoms with E-state index in [-0.39, 0.29) is 11.5 Å². The van der Waals surface area contributed by atoms with Crippen molar-refractivity contribution in [2.75, 3.05) is 27.8 Å². The van der Waals surface area contributed by atoms with Gasteiger partial charge in [0.25, 0.3) is 0 Å². The lowest BCUT2D eigenvalue weighted by atomic mass is 9.60. The fourth-order valence-corrected chi connectivity index (χ4v) is 4.87. The average molecular weight is 341 g/mol. The number of allylic oxidation sites excluding steroid dienone is 1. The van der Waals surface area contributed by atoms with Gasteiger partial charge < -0.3 is 14.6 Å². The zero-order valence-corrected chi connectivity index (χ0v) is 14.3. The second kappa shape index (κ2) is 4.95. The zero-order chi connectivity index (χ0) is 18.0. The Kier molecular flexibility index (Phi) is 3.15. The van der Waals surface area contributed by atoms with Crippen LogP contribution in [0.25, 0.3) is 6.08 Å². The van der Waals surface area contributed by atoms with Crippen LogP contribution in [0, 0.1) is 0 Å². The molecule has 3 aliphatic rings. The molecule has 1 saturated heterocycles. The molecule has 6 nitrogen and oxygen atoms in total. The van der Waals surface area contributed by atoms with Crippen molar-refractivity contribution in [3.05, 3.63) is 41.0 Å². The van der Waals surface area contributed by atoms with Gasteiger partial charge in [0.15, 0.2) is 22.8 Å². The molecule has 0 bridgehead atoms. The zero-order valence-electron chi connectivity index (χ0n) is 14.3. The van der Waals surface area contributed by atoms with Gasteiger partial charge in [-0.05, 0) is 36.7 Å². The normalized spacial score (nSPS) is 29.7. The molecule has 1 N–H and O–H groups in total. The summed E-state index contributed by atoms with van der Waals surface area (Å²) in [6.07, 6.45) is 5.74.